The van der Waals surface area contributed by atoms with Crippen LogP contribution in [-0.2, 0) is 0 Å². The summed E-state index contributed by atoms with van der Waals surface area (Å²) < 4.78 is 7.22. The van der Waals surface area contributed by atoms with Gasteiger partial charge in [0.25, 0.3) is 0 Å². The number of hydrogen-bond donors (Lipinski definition) is 1. The van der Waals surface area contributed by atoms with E-state index in [0.717, 1.165) is 4.47 Å². The number of methoxy groups -OCH3 is 1. The van der Waals surface area contributed by atoms with E-state index in [4.69, 9.17) is 9.84 Å². The highest BCUT2D eigenvalue weighted by molar-refractivity contribution is 9.10. The van der Waals surface area contributed by atoms with Gasteiger partial charge in [-0.2, -0.15) is 0 Å². The van der Waals surface area contributed by atoms with Crippen LogP contribution in [0.3, 0.4) is 0 Å². The fraction of sp³-hybridized carbons (Fsp3) is 0.100. The number of carboxylic acids is 1. The van der Waals surface area contributed by atoms with E-state index in [1.807, 2.05) is 0 Å². The minimum Gasteiger partial charge on any atom is -0.497 e. The molecule has 1 N–H and O–H groups in total. The molecule has 0 fully saturated rings. The molecule has 1 aromatic carbocycles. The molecule has 88 valence electrons. The third kappa shape index (κ3) is 2.28. The van der Waals surface area contributed by atoms with Crippen LogP contribution in [0.5, 0.6) is 5.75 Å². The van der Waals surface area contributed by atoms with Crippen molar-refractivity contribution < 1.29 is 14.6 Å². The lowest BCUT2D eigenvalue weighted by atomic mass is 10.3. The number of halogens is 1. The predicted molar refractivity (Wildman–Crippen MR) is 62.6 cm³/mol. The Labute approximate surface area is 105 Å². The summed E-state index contributed by atoms with van der Waals surface area (Å²) in [6, 6.07) is 5.29. The number of aromatic carboxylic acids is 1. The highest BCUT2D eigenvalue weighted by Crippen LogP contribution is 2.25. The minimum absolute atomic E-state index is 0.111. The van der Waals surface area contributed by atoms with Crippen molar-refractivity contribution in [3.05, 3.63) is 34.6 Å². The average Bonchev–Trinajstić information content (AvgIpc) is 2.79. The standard InChI is InChI=1S/C10H8BrN3O3/c1-17-6-2-3-7(11)9(4-6)14-5-8(10(15)16)12-13-14/h2-5H,1H3,(H,15,16). The van der Waals surface area contributed by atoms with Gasteiger partial charge in [-0.3, -0.25) is 0 Å². The molecular weight excluding hydrogens is 290 g/mol. The Kier molecular flexibility index (Phi) is 3.10. The van der Waals surface area contributed by atoms with E-state index in [-0.39, 0.29) is 5.69 Å². The van der Waals surface area contributed by atoms with Gasteiger partial charge in [0.05, 0.1) is 19.0 Å². The largest absolute Gasteiger partial charge is 0.497 e. The van der Waals surface area contributed by atoms with E-state index >= 15 is 0 Å². The maximum absolute atomic E-state index is 10.7. The molecule has 2 aromatic rings. The summed E-state index contributed by atoms with van der Waals surface area (Å²) in [6.07, 6.45) is 1.34. The van der Waals surface area contributed by atoms with Crippen LogP contribution in [0, 0.1) is 0 Å². The molecule has 0 aliphatic rings. The highest BCUT2D eigenvalue weighted by atomic mass is 79.9. The first-order valence-corrected chi connectivity index (χ1v) is 5.40. The molecule has 0 radical (unpaired) electrons. The number of rotatable bonds is 3. The fourth-order valence-corrected chi connectivity index (χ4v) is 1.70. The fourth-order valence-electron chi connectivity index (χ4n) is 1.27. The van der Waals surface area contributed by atoms with Gasteiger partial charge < -0.3 is 9.84 Å². The van der Waals surface area contributed by atoms with Crippen LogP contribution in [-0.4, -0.2) is 33.2 Å². The van der Waals surface area contributed by atoms with Gasteiger partial charge in [0.1, 0.15) is 5.75 Å². The monoisotopic (exact) mass is 297 g/mol. The van der Waals surface area contributed by atoms with Crippen LogP contribution in [0.25, 0.3) is 5.69 Å². The lowest BCUT2D eigenvalue weighted by Crippen LogP contribution is -1.97. The molecule has 6 nitrogen and oxygen atoms in total. The van der Waals surface area contributed by atoms with Gasteiger partial charge in [-0.05, 0) is 28.1 Å². The second kappa shape index (κ2) is 4.54. The topological polar surface area (TPSA) is 77.2 Å². The van der Waals surface area contributed by atoms with E-state index in [9.17, 15) is 4.79 Å². The Morgan fingerprint density at radius 3 is 2.88 bits per heavy atom. The van der Waals surface area contributed by atoms with Gasteiger partial charge in [0, 0.05) is 10.5 Å². The molecule has 0 amide bonds. The van der Waals surface area contributed by atoms with Gasteiger partial charge in [-0.15, -0.1) is 5.10 Å². The Hall–Kier alpha value is -1.89. The zero-order valence-corrected chi connectivity index (χ0v) is 10.4. The van der Waals surface area contributed by atoms with Crippen molar-refractivity contribution in [1.29, 1.82) is 0 Å². The molecule has 17 heavy (non-hydrogen) atoms. The molecule has 0 bridgehead atoms. The highest BCUT2D eigenvalue weighted by Gasteiger charge is 2.11. The van der Waals surface area contributed by atoms with Crippen molar-refractivity contribution >= 4 is 21.9 Å². The average molecular weight is 298 g/mol. The van der Waals surface area contributed by atoms with Gasteiger partial charge in [-0.25, -0.2) is 9.48 Å². The van der Waals surface area contributed by atoms with Crippen LogP contribution in [0.1, 0.15) is 10.5 Å². The maximum atomic E-state index is 10.7. The number of aromatic nitrogens is 3. The van der Waals surface area contributed by atoms with Crippen molar-refractivity contribution in [2.24, 2.45) is 0 Å². The Balaban J connectivity index is 2.47. The van der Waals surface area contributed by atoms with Gasteiger partial charge in [0.2, 0.25) is 0 Å². The first-order chi connectivity index (χ1) is 8.11. The first-order valence-electron chi connectivity index (χ1n) is 4.61. The molecule has 2 rings (SSSR count). The van der Waals surface area contributed by atoms with E-state index in [1.54, 1.807) is 25.3 Å². The second-order valence-electron chi connectivity index (χ2n) is 3.17. The predicted octanol–water partition coefficient (Wildman–Crippen LogP) is 1.74. The van der Waals surface area contributed by atoms with Crippen molar-refractivity contribution in [2.75, 3.05) is 7.11 Å². The van der Waals surface area contributed by atoms with Crippen LogP contribution in [0.2, 0.25) is 0 Å². The normalized spacial score (nSPS) is 10.2. The van der Waals surface area contributed by atoms with Crippen molar-refractivity contribution in [3.63, 3.8) is 0 Å². The van der Waals surface area contributed by atoms with Crippen LogP contribution in [0.15, 0.2) is 28.9 Å². The van der Waals surface area contributed by atoms with Crippen molar-refractivity contribution in [3.8, 4) is 11.4 Å². The third-order valence-corrected chi connectivity index (χ3v) is 2.78. The van der Waals surface area contributed by atoms with Crippen LogP contribution < -0.4 is 4.74 Å². The molecule has 0 saturated carbocycles. The summed E-state index contributed by atoms with van der Waals surface area (Å²) in [6.45, 7) is 0. The number of ether oxygens (including phenoxy) is 1. The number of carbonyl (C=O) groups is 1. The second-order valence-corrected chi connectivity index (χ2v) is 4.03. The Bertz CT molecular complexity index is 568. The molecule has 0 aliphatic heterocycles. The molecule has 0 aliphatic carbocycles. The van der Waals surface area contributed by atoms with Crippen LogP contribution >= 0.6 is 15.9 Å². The Morgan fingerprint density at radius 1 is 1.53 bits per heavy atom. The first kappa shape index (κ1) is 11.6. The van der Waals surface area contributed by atoms with Gasteiger partial charge in [-0.1, -0.05) is 5.21 Å². The number of carboxylic acid groups (broad SMARTS) is 1. The van der Waals surface area contributed by atoms with Gasteiger partial charge >= 0.3 is 5.97 Å². The summed E-state index contributed by atoms with van der Waals surface area (Å²) in [5, 5.41) is 16.0. The summed E-state index contributed by atoms with van der Waals surface area (Å²) in [5.74, 6) is -0.467. The zero-order chi connectivity index (χ0) is 12.4. The van der Waals surface area contributed by atoms with Gasteiger partial charge in [0.15, 0.2) is 5.69 Å². The molecule has 0 spiro atoms. The molecule has 1 aromatic heterocycles. The zero-order valence-electron chi connectivity index (χ0n) is 8.79. The molecule has 0 saturated heterocycles. The molecular formula is C10H8BrN3O3. The number of benzene rings is 1. The number of nitrogens with zero attached hydrogens (tertiary/aromatic N) is 3. The van der Waals surface area contributed by atoms with Crippen LogP contribution in [0.4, 0.5) is 0 Å². The lowest BCUT2D eigenvalue weighted by Gasteiger charge is -2.06. The minimum atomic E-state index is -1.12. The molecule has 0 unspecified atom stereocenters. The Morgan fingerprint density at radius 2 is 2.29 bits per heavy atom. The smallest absolute Gasteiger partial charge is 0.358 e. The van der Waals surface area contributed by atoms with E-state index in [2.05, 4.69) is 26.2 Å². The van der Waals surface area contributed by atoms with Crippen molar-refractivity contribution in [2.45, 2.75) is 0 Å². The molecule has 1 heterocycles. The van der Waals surface area contributed by atoms with E-state index < -0.39 is 5.97 Å². The summed E-state index contributed by atoms with van der Waals surface area (Å²) in [5.41, 5.74) is 0.545. The van der Waals surface area contributed by atoms with E-state index in [0.29, 0.717) is 11.4 Å². The van der Waals surface area contributed by atoms with Crippen molar-refractivity contribution in [1.82, 2.24) is 15.0 Å². The van der Waals surface area contributed by atoms with E-state index in [1.165, 1.54) is 10.9 Å². The summed E-state index contributed by atoms with van der Waals surface area (Å²) >= 11 is 3.35. The molecule has 0 atom stereocenters. The maximum Gasteiger partial charge on any atom is 0.358 e. The third-order valence-electron chi connectivity index (χ3n) is 2.11. The quantitative estimate of drug-likeness (QED) is 0.934. The summed E-state index contributed by atoms with van der Waals surface area (Å²) in [4.78, 5) is 10.7. The molecule has 7 heteroatoms. The lowest BCUT2D eigenvalue weighted by molar-refractivity contribution is 0.0690. The summed E-state index contributed by atoms with van der Waals surface area (Å²) in [7, 11) is 1.55. The SMILES string of the molecule is COc1ccc(Br)c(-n2cc(C(=O)O)nn2)c1. The number of hydrogen-bond acceptors (Lipinski definition) is 4.